The van der Waals surface area contributed by atoms with Gasteiger partial charge in [0.2, 0.25) is 0 Å². The maximum atomic E-state index is 5.69. The summed E-state index contributed by atoms with van der Waals surface area (Å²) < 4.78 is 5.69. The number of aliphatic imine (C=N–C) groups is 1. The van der Waals surface area contributed by atoms with Gasteiger partial charge >= 0.3 is 0 Å². The highest BCUT2D eigenvalue weighted by Crippen LogP contribution is 2.08. The molecular formula is C22H40N4O. The second-order valence-electron chi connectivity index (χ2n) is 7.81. The number of ether oxygens (including phenoxy) is 1. The van der Waals surface area contributed by atoms with Crippen LogP contribution in [0.25, 0.3) is 0 Å². The lowest BCUT2D eigenvalue weighted by Crippen LogP contribution is -2.41. The van der Waals surface area contributed by atoms with Crippen molar-refractivity contribution in [2.45, 2.75) is 79.3 Å². The first kappa shape index (κ1) is 23.4. The van der Waals surface area contributed by atoms with Gasteiger partial charge < -0.3 is 15.4 Å². The lowest BCUT2D eigenvalue weighted by molar-refractivity contribution is 0.0657. The lowest BCUT2D eigenvalue weighted by atomic mass is 10.1. The molecule has 154 valence electrons. The van der Waals surface area contributed by atoms with Gasteiger partial charge in [-0.05, 0) is 59.1 Å². The highest BCUT2D eigenvalue weighted by Gasteiger charge is 2.12. The van der Waals surface area contributed by atoms with E-state index in [1.807, 2.05) is 7.05 Å². The van der Waals surface area contributed by atoms with Gasteiger partial charge in [0.05, 0.1) is 12.7 Å². The maximum absolute atomic E-state index is 5.69. The quantitative estimate of drug-likeness (QED) is 0.350. The molecule has 0 aliphatic rings. The molecule has 0 heterocycles. The van der Waals surface area contributed by atoms with Crippen molar-refractivity contribution in [1.29, 1.82) is 0 Å². The zero-order valence-corrected chi connectivity index (χ0v) is 18.4. The van der Waals surface area contributed by atoms with E-state index in [9.17, 15) is 0 Å². The number of hydrogen-bond donors (Lipinski definition) is 2. The standard InChI is InChI=1S/C22H40N4O/c1-17(2)26(18(3)4)13-9-12-24-22(23-7)25-15-20-10-8-11-21(14-20)16-27-19(5)6/h8,10-11,14,17-19H,9,12-13,15-16H2,1-7H3,(H2,23,24,25). The van der Waals surface area contributed by atoms with E-state index in [4.69, 9.17) is 4.74 Å². The van der Waals surface area contributed by atoms with Crippen molar-refractivity contribution in [1.82, 2.24) is 15.5 Å². The second kappa shape index (κ2) is 12.7. The Bertz CT molecular complexity index is 547. The van der Waals surface area contributed by atoms with E-state index < -0.39 is 0 Å². The predicted molar refractivity (Wildman–Crippen MR) is 116 cm³/mol. The molecule has 1 aromatic rings. The van der Waals surface area contributed by atoms with Crippen molar-refractivity contribution in [3.63, 3.8) is 0 Å². The molecule has 0 unspecified atom stereocenters. The Morgan fingerprint density at radius 3 is 2.30 bits per heavy atom. The highest BCUT2D eigenvalue weighted by atomic mass is 16.5. The van der Waals surface area contributed by atoms with Gasteiger partial charge in [0.1, 0.15) is 0 Å². The Hall–Kier alpha value is -1.59. The summed E-state index contributed by atoms with van der Waals surface area (Å²) in [6.07, 6.45) is 1.34. The number of rotatable bonds is 11. The number of guanidine groups is 1. The molecule has 0 bridgehead atoms. The smallest absolute Gasteiger partial charge is 0.191 e. The molecule has 0 aliphatic heterocycles. The van der Waals surface area contributed by atoms with E-state index in [-0.39, 0.29) is 6.10 Å². The van der Waals surface area contributed by atoms with Crippen molar-refractivity contribution >= 4 is 5.96 Å². The van der Waals surface area contributed by atoms with Crippen LogP contribution in [0.4, 0.5) is 0 Å². The van der Waals surface area contributed by atoms with Crippen LogP contribution in [-0.2, 0) is 17.9 Å². The fourth-order valence-corrected chi connectivity index (χ4v) is 3.08. The summed E-state index contributed by atoms with van der Waals surface area (Å²) in [6.45, 7) is 16.6. The van der Waals surface area contributed by atoms with E-state index in [1.165, 1.54) is 11.1 Å². The summed E-state index contributed by atoms with van der Waals surface area (Å²) in [4.78, 5) is 6.84. The monoisotopic (exact) mass is 376 g/mol. The van der Waals surface area contributed by atoms with Crippen LogP contribution in [0.2, 0.25) is 0 Å². The fourth-order valence-electron chi connectivity index (χ4n) is 3.08. The van der Waals surface area contributed by atoms with Crippen LogP contribution in [0.3, 0.4) is 0 Å². The van der Waals surface area contributed by atoms with E-state index in [2.05, 4.69) is 86.3 Å². The molecule has 0 radical (unpaired) electrons. The first-order valence-electron chi connectivity index (χ1n) is 10.2. The minimum Gasteiger partial charge on any atom is -0.374 e. The van der Waals surface area contributed by atoms with Gasteiger partial charge in [-0.3, -0.25) is 9.89 Å². The summed E-state index contributed by atoms with van der Waals surface area (Å²) in [6, 6.07) is 9.66. The summed E-state index contributed by atoms with van der Waals surface area (Å²) in [5.74, 6) is 0.847. The summed E-state index contributed by atoms with van der Waals surface area (Å²) >= 11 is 0. The molecule has 0 aliphatic carbocycles. The largest absolute Gasteiger partial charge is 0.374 e. The SMILES string of the molecule is CN=C(NCCCN(C(C)C)C(C)C)NCc1cccc(COC(C)C)c1. The first-order valence-corrected chi connectivity index (χ1v) is 10.2. The van der Waals surface area contributed by atoms with E-state index >= 15 is 0 Å². The Morgan fingerprint density at radius 2 is 1.70 bits per heavy atom. The Balaban J connectivity index is 2.39. The minimum absolute atomic E-state index is 0.247. The van der Waals surface area contributed by atoms with Crippen LogP contribution in [0.15, 0.2) is 29.3 Å². The summed E-state index contributed by atoms with van der Waals surface area (Å²) in [5, 5.41) is 6.81. The molecule has 5 nitrogen and oxygen atoms in total. The molecule has 1 aromatic carbocycles. The van der Waals surface area contributed by atoms with Crippen molar-refractivity contribution in [3.05, 3.63) is 35.4 Å². The average Bonchev–Trinajstić information content (AvgIpc) is 2.62. The van der Waals surface area contributed by atoms with Gasteiger partial charge in [0.15, 0.2) is 5.96 Å². The molecule has 5 heteroatoms. The predicted octanol–water partition coefficient (Wildman–Crippen LogP) is 3.79. The van der Waals surface area contributed by atoms with Gasteiger partial charge in [0.25, 0.3) is 0 Å². The molecule has 1 rings (SSSR count). The first-order chi connectivity index (χ1) is 12.8. The maximum Gasteiger partial charge on any atom is 0.191 e. The van der Waals surface area contributed by atoms with Gasteiger partial charge in [-0.1, -0.05) is 24.3 Å². The van der Waals surface area contributed by atoms with E-state index in [0.29, 0.717) is 18.7 Å². The molecule has 0 fully saturated rings. The summed E-state index contributed by atoms with van der Waals surface area (Å²) in [5.41, 5.74) is 2.43. The number of benzene rings is 1. The number of nitrogens with zero attached hydrogens (tertiary/aromatic N) is 2. The number of nitrogens with one attached hydrogen (secondary N) is 2. The third-order valence-corrected chi connectivity index (χ3v) is 4.47. The van der Waals surface area contributed by atoms with Crippen LogP contribution in [0, 0.1) is 0 Å². The summed E-state index contributed by atoms with van der Waals surface area (Å²) in [7, 11) is 1.82. The van der Waals surface area contributed by atoms with Crippen molar-refractivity contribution in [2.75, 3.05) is 20.1 Å². The van der Waals surface area contributed by atoms with Crippen molar-refractivity contribution in [2.24, 2.45) is 4.99 Å². The molecule has 0 aromatic heterocycles. The van der Waals surface area contributed by atoms with Crippen molar-refractivity contribution in [3.8, 4) is 0 Å². The third kappa shape index (κ3) is 9.78. The van der Waals surface area contributed by atoms with Crippen LogP contribution in [0.5, 0.6) is 0 Å². The van der Waals surface area contributed by atoms with Crippen LogP contribution >= 0.6 is 0 Å². The Kier molecular flexibility index (Phi) is 11.1. The van der Waals surface area contributed by atoms with Gasteiger partial charge in [-0.25, -0.2) is 0 Å². The van der Waals surface area contributed by atoms with Gasteiger partial charge in [-0.15, -0.1) is 0 Å². The topological polar surface area (TPSA) is 48.9 Å². The molecular weight excluding hydrogens is 336 g/mol. The molecule has 27 heavy (non-hydrogen) atoms. The molecule has 0 spiro atoms. The Labute approximate surface area is 166 Å². The molecule has 0 saturated heterocycles. The third-order valence-electron chi connectivity index (χ3n) is 4.47. The van der Waals surface area contributed by atoms with Crippen molar-refractivity contribution < 1.29 is 4.74 Å². The lowest BCUT2D eigenvalue weighted by Gasteiger charge is -2.30. The molecule has 0 saturated carbocycles. The van der Waals surface area contributed by atoms with Gasteiger partial charge in [0, 0.05) is 38.8 Å². The van der Waals surface area contributed by atoms with E-state index in [0.717, 1.165) is 32.0 Å². The van der Waals surface area contributed by atoms with Gasteiger partial charge in [-0.2, -0.15) is 0 Å². The Morgan fingerprint density at radius 1 is 1.04 bits per heavy atom. The van der Waals surface area contributed by atoms with E-state index in [1.54, 1.807) is 0 Å². The normalized spacial score (nSPS) is 12.5. The fraction of sp³-hybridized carbons (Fsp3) is 0.682. The second-order valence-corrected chi connectivity index (χ2v) is 7.81. The molecule has 0 atom stereocenters. The van der Waals surface area contributed by atoms with Crippen LogP contribution < -0.4 is 10.6 Å². The average molecular weight is 377 g/mol. The number of hydrogen-bond acceptors (Lipinski definition) is 3. The highest BCUT2D eigenvalue weighted by molar-refractivity contribution is 5.79. The minimum atomic E-state index is 0.247. The molecule has 0 amide bonds. The zero-order valence-electron chi connectivity index (χ0n) is 18.4. The van der Waals surface area contributed by atoms with Crippen LogP contribution in [0.1, 0.15) is 59.1 Å². The molecule has 2 N–H and O–H groups in total. The van der Waals surface area contributed by atoms with Crippen LogP contribution in [-0.4, -0.2) is 49.2 Å². The zero-order chi connectivity index (χ0) is 20.2.